The summed E-state index contributed by atoms with van der Waals surface area (Å²) in [5.41, 5.74) is 5.09. The highest BCUT2D eigenvalue weighted by atomic mass is 35.5. The predicted octanol–water partition coefficient (Wildman–Crippen LogP) is 1.65. The van der Waals surface area contributed by atoms with Crippen LogP contribution in [0.3, 0.4) is 0 Å². The molecule has 0 aromatic heterocycles. The van der Waals surface area contributed by atoms with E-state index in [0.717, 1.165) is 0 Å². The van der Waals surface area contributed by atoms with Crippen molar-refractivity contribution in [2.24, 2.45) is 5.73 Å². The van der Waals surface area contributed by atoms with E-state index < -0.39 is 4.46 Å². The van der Waals surface area contributed by atoms with Gasteiger partial charge >= 0.3 is 0 Å². The number of hydrogen-bond acceptors (Lipinski definition) is 1. The summed E-state index contributed by atoms with van der Waals surface area (Å²) in [6.45, 7) is 1.80. The molecule has 0 aliphatic rings. The Kier molecular flexibility index (Phi) is 2.66. The number of alkyl halides is 2. The third kappa shape index (κ3) is 6.28. The Balaban J connectivity index is 3.56. The van der Waals surface area contributed by atoms with Gasteiger partial charge in [0.25, 0.3) is 0 Å². The van der Waals surface area contributed by atoms with Crippen LogP contribution >= 0.6 is 23.2 Å². The van der Waals surface area contributed by atoms with Gasteiger partial charge in [-0.05, 0) is 13.0 Å². The topological polar surface area (TPSA) is 26.0 Å². The molecule has 3 heteroatoms. The first kappa shape index (κ1) is 7.28. The summed E-state index contributed by atoms with van der Waals surface area (Å²) >= 11 is 10.6. The minimum atomic E-state index is -1.19. The summed E-state index contributed by atoms with van der Waals surface area (Å²) in [6.07, 6.45) is 3.19. The van der Waals surface area contributed by atoms with Crippen LogP contribution in [0.1, 0.15) is 6.92 Å². The number of rotatable bonds is 1. The van der Waals surface area contributed by atoms with E-state index in [4.69, 9.17) is 28.9 Å². The normalized spacial score (nSPS) is 13.1. The van der Waals surface area contributed by atoms with Gasteiger partial charge in [0.1, 0.15) is 0 Å². The number of allylic oxidation sites excluding steroid dienone is 1. The van der Waals surface area contributed by atoms with Crippen molar-refractivity contribution in [2.75, 3.05) is 0 Å². The molecule has 0 aliphatic heterocycles. The molecule has 0 radical (unpaired) electrons. The highest BCUT2D eigenvalue weighted by Gasteiger charge is 2.08. The fraction of sp³-hybridized carbons (Fsp3) is 0.500. The van der Waals surface area contributed by atoms with Crippen molar-refractivity contribution < 1.29 is 0 Å². The lowest BCUT2D eigenvalue weighted by Crippen LogP contribution is -2.21. The molecule has 0 saturated carbocycles. The monoisotopic (exact) mass is 139 g/mol. The average molecular weight is 140 g/mol. The molecule has 42 valence electrons. The van der Waals surface area contributed by atoms with Crippen LogP contribution in [-0.4, -0.2) is 4.46 Å². The molecule has 0 aromatic carbocycles. The molecular formula is C4H7Cl2N. The molecule has 0 rings (SSSR count). The number of halogens is 2. The van der Waals surface area contributed by atoms with E-state index in [9.17, 15) is 0 Å². The van der Waals surface area contributed by atoms with Crippen molar-refractivity contribution in [2.45, 2.75) is 11.4 Å². The van der Waals surface area contributed by atoms with Gasteiger partial charge in [-0.3, -0.25) is 5.73 Å². The molecule has 1 nitrogen and oxygen atoms in total. The summed E-state index contributed by atoms with van der Waals surface area (Å²) < 4.78 is -1.19. The summed E-state index contributed by atoms with van der Waals surface area (Å²) in [6, 6.07) is 0. The van der Waals surface area contributed by atoms with Crippen LogP contribution in [0.4, 0.5) is 0 Å². The molecule has 0 heterocycles. The number of hydrogen-bond donors (Lipinski definition) is 1. The van der Waals surface area contributed by atoms with Gasteiger partial charge in [0, 0.05) is 0 Å². The SMILES string of the molecule is C/C=C/C(N)(Cl)Cl. The molecule has 2 N–H and O–H groups in total. The molecule has 0 amide bonds. The predicted molar refractivity (Wildman–Crippen MR) is 33.4 cm³/mol. The summed E-state index contributed by atoms with van der Waals surface area (Å²) in [5, 5.41) is 0. The van der Waals surface area contributed by atoms with Crippen molar-refractivity contribution >= 4 is 23.2 Å². The zero-order chi connectivity index (χ0) is 5.91. The van der Waals surface area contributed by atoms with Crippen molar-refractivity contribution in [3.63, 3.8) is 0 Å². The van der Waals surface area contributed by atoms with Gasteiger partial charge in [0.05, 0.1) is 0 Å². The van der Waals surface area contributed by atoms with E-state index in [1.165, 1.54) is 6.08 Å². The first-order valence-electron chi connectivity index (χ1n) is 1.87. The maximum atomic E-state index is 5.29. The van der Waals surface area contributed by atoms with Crippen molar-refractivity contribution in [1.29, 1.82) is 0 Å². The van der Waals surface area contributed by atoms with Crippen LogP contribution in [0.15, 0.2) is 12.2 Å². The van der Waals surface area contributed by atoms with Crippen LogP contribution in [0.2, 0.25) is 0 Å². The third-order valence-electron chi connectivity index (χ3n) is 0.389. The molecule has 0 fully saturated rings. The molecule has 0 unspecified atom stereocenters. The van der Waals surface area contributed by atoms with Crippen molar-refractivity contribution in [1.82, 2.24) is 0 Å². The Hall–Kier alpha value is 0.280. The van der Waals surface area contributed by atoms with Crippen molar-refractivity contribution in [3.05, 3.63) is 12.2 Å². The van der Waals surface area contributed by atoms with E-state index in [0.29, 0.717) is 0 Å². The molecule has 0 aliphatic carbocycles. The Bertz CT molecular complexity index is 72.2. The van der Waals surface area contributed by atoms with E-state index in [1.807, 2.05) is 0 Å². The fourth-order valence-electron chi connectivity index (χ4n) is 0.222. The summed E-state index contributed by atoms with van der Waals surface area (Å²) in [4.78, 5) is 0. The van der Waals surface area contributed by atoms with E-state index in [-0.39, 0.29) is 0 Å². The lowest BCUT2D eigenvalue weighted by atomic mass is 10.5. The van der Waals surface area contributed by atoms with Crippen LogP contribution in [0.5, 0.6) is 0 Å². The lowest BCUT2D eigenvalue weighted by Gasteiger charge is -2.03. The van der Waals surface area contributed by atoms with Gasteiger partial charge in [-0.2, -0.15) is 0 Å². The second kappa shape index (κ2) is 2.55. The summed E-state index contributed by atoms with van der Waals surface area (Å²) in [7, 11) is 0. The Morgan fingerprint density at radius 3 is 2.00 bits per heavy atom. The van der Waals surface area contributed by atoms with E-state index in [1.54, 1.807) is 13.0 Å². The van der Waals surface area contributed by atoms with Crippen LogP contribution < -0.4 is 5.73 Å². The average Bonchev–Trinajstić information content (AvgIpc) is 1.30. The van der Waals surface area contributed by atoms with Gasteiger partial charge in [-0.1, -0.05) is 29.3 Å². The Morgan fingerprint density at radius 1 is 1.57 bits per heavy atom. The van der Waals surface area contributed by atoms with Gasteiger partial charge in [0.2, 0.25) is 0 Å². The standard InChI is InChI=1S/C4H7Cl2N/c1-2-3-4(5,6)7/h2-3H,7H2,1H3/b3-2+. The molecular weight excluding hydrogens is 133 g/mol. The summed E-state index contributed by atoms with van der Waals surface area (Å²) in [5.74, 6) is 0. The lowest BCUT2D eigenvalue weighted by molar-refractivity contribution is 1.04. The van der Waals surface area contributed by atoms with Gasteiger partial charge in [-0.25, -0.2) is 0 Å². The zero-order valence-electron chi connectivity index (χ0n) is 3.99. The molecule has 0 bridgehead atoms. The first-order valence-corrected chi connectivity index (χ1v) is 2.62. The van der Waals surface area contributed by atoms with Gasteiger partial charge in [-0.15, -0.1) is 0 Å². The van der Waals surface area contributed by atoms with Gasteiger partial charge < -0.3 is 0 Å². The molecule has 0 atom stereocenters. The van der Waals surface area contributed by atoms with Crippen LogP contribution in [0, 0.1) is 0 Å². The quantitative estimate of drug-likeness (QED) is 0.334. The second-order valence-corrected chi connectivity index (χ2v) is 2.62. The zero-order valence-corrected chi connectivity index (χ0v) is 5.50. The van der Waals surface area contributed by atoms with E-state index >= 15 is 0 Å². The van der Waals surface area contributed by atoms with E-state index in [2.05, 4.69) is 0 Å². The minimum Gasteiger partial charge on any atom is -0.297 e. The number of nitrogens with two attached hydrogens (primary N) is 1. The third-order valence-corrected chi connectivity index (χ3v) is 0.641. The maximum absolute atomic E-state index is 5.29. The Labute approximate surface area is 53.1 Å². The second-order valence-electron chi connectivity index (χ2n) is 1.17. The molecule has 0 saturated heterocycles. The largest absolute Gasteiger partial charge is 0.297 e. The molecule has 0 aromatic rings. The highest BCUT2D eigenvalue weighted by Crippen LogP contribution is 2.13. The fourth-order valence-corrected chi connectivity index (χ4v) is 0.474. The first-order chi connectivity index (χ1) is 3.06. The minimum absolute atomic E-state index is 1.19. The smallest absolute Gasteiger partial charge is 0.185 e. The van der Waals surface area contributed by atoms with Crippen LogP contribution in [0.25, 0.3) is 0 Å². The molecule has 0 spiro atoms. The van der Waals surface area contributed by atoms with Crippen molar-refractivity contribution in [3.8, 4) is 0 Å². The molecule has 7 heavy (non-hydrogen) atoms. The maximum Gasteiger partial charge on any atom is 0.185 e. The van der Waals surface area contributed by atoms with Gasteiger partial charge in [0.15, 0.2) is 4.46 Å². The highest BCUT2D eigenvalue weighted by molar-refractivity contribution is 6.49. The van der Waals surface area contributed by atoms with Crippen LogP contribution in [-0.2, 0) is 0 Å². The Morgan fingerprint density at radius 2 is 2.00 bits per heavy atom.